The van der Waals surface area contributed by atoms with Gasteiger partial charge in [-0.05, 0) is 23.3 Å². The number of aromatic nitrogens is 2. The molecular formula is C31H34FN7. The number of para-hydroxylation sites is 1. The number of rotatable bonds is 6. The number of nitrogens with zero attached hydrogens (tertiary/aromatic N) is 6. The van der Waals surface area contributed by atoms with E-state index in [0.717, 1.165) is 50.9 Å². The largest absolute Gasteiger partial charge is 0.393 e. The van der Waals surface area contributed by atoms with Gasteiger partial charge in [-0.1, -0.05) is 72.8 Å². The number of nitrogens with two attached hydrogens (primary N) is 1. The first-order valence-electron chi connectivity index (χ1n) is 13.6. The quantitative estimate of drug-likeness (QED) is 0.401. The van der Waals surface area contributed by atoms with Gasteiger partial charge in [0.15, 0.2) is 11.6 Å². The molecule has 0 radical (unpaired) electrons. The minimum atomic E-state index is -0.185. The summed E-state index contributed by atoms with van der Waals surface area (Å²) in [6, 6.07) is 28.6. The number of benzene rings is 3. The van der Waals surface area contributed by atoms with Crippen molar-refractivity contribution in [3.05, 3.63) is 108 Å². The topological polar surface area (TPSA) is 64.8 Å². The van der Waals surface area contributed by atoms with E-state index in [-0.39, 0.29) is 11.9 Å². The third kappa shape index (κ3) is 5.25. The van der Waals surface area contributed by atoms with Crippen molar-refractivity contribution in [1.29, 1.82) is 0 Å². The Hall–Kier alpha value is -4.17. The Morgan fingerprint density at radius 1 is 0.590 bits per heavy atom. The SMILES string of the molecule is Nc1c(N2CCN(c3ccccc3F)CC2)ncnc1N1CCN(C(c2ccccc2)c2ccccc2)CC1. The molecule has 1 aromatic heterocycles. The van der Waals surface area contributed by atoms with Crippen molar-refractivity contribution in [2.45, 2.75) is 6.04 Å². The van der Waals surface area contributed by atoms with E-state index in [0.29, 0.717) is 24.5 Å². The van der Waals surface area contributed by atoms with Gasteiger partial charge in [-0.3, -0.25) is 4.90 Å². The van der Waals surface area contributed by atoms with Crippen molar-refractivity contribution in [1.82, 2.24) is 14.9 Å². The average Bonchev–Trinajstić information content (AvgIpc) is 2.99. The first-order chi connectivity index (χ1) is 19.2. The van der Waals surface area contributed by atoms with Gasteiger partial charge >= 0.3 is 0 Å². The predicted molar refractivity (Wildman–Crippen MR) is 156 cm³/mol. The van der Waals surface area contributed by atoms with Gasteiger partial charge in [0.2, 0.25) is 0 Å². The summed E-state index contributed by atoms with van der Waals surface area (Å²) in [4.78, 5) is 18.3. The lowest BCUT2D eigenvalue weighted by Crippen LogP contribution is -2.49. The van der Waals surface area contributed by atoms with Gasteiger partial charge in [0, 0.05) is 52.4 Å². The van der Waals surface area contributed by atoms with Crippen LogP contribution in [0.3, 0.4) is 0 Å². The maximum atomic E-state index is 14.3. The third-order valence-corrected chi connectivity index (χ3v) is 7.82. The zero-order valence-electron chi connectivity index (χ0n) is 22.0. The predicted octanol–water partition coefficient (Wildman–Crippen LogP) is 4.44. The number of anilines is 4. The lowest BCUT2D eigenvalue weighted by Gasteiger charge is -2.41. The molecule has 39 heavy (non-hydrogen) atoms. The summed E-state index contributed by atoms with van der Waals surface area (Å²) in [5.74, 6) is 1.38. The standard InChI is InChI=1S/C31H34FN7/c32-26-13-7-8-14-27(26)36-15-19-38(20-16-36)30-28(33)31(35-23-34-30)39-21-17-37(18-22-39)29(24-9-3-1-4-10-24)25-11-5-2-6-12-25/h1-14,23,29H,15-22,33H2. The molecule has 2 aliphatic heterocycles. The van der Waals surface area contributed by atoms with E-state index in [2.05, 4.69) is 90.2 Å². The second kappa shape index (κ2) is 11.3. The highest BCUT2D eigenvalue weighted by Gasteiger charge is 2.29. The Morgan fingerprint density at radius 2 is 1.05 bits per heavy atom. The molecule has 2 fully saturated rings. The van der Waals surface area contributed by atoms with E-state index in [1.54, 1.807) is 12.4 Å². The monoisotopic (exact) mass is 523 g/mol. The first-order valence-corrected chi connectivity index (χ1v) is 13.6. The van der Waals surface area contributed by atoms with Gasteiger partial charge < -0.3 is 20.4 Å². The molecule has 3 heterocycles. The molecule has 0 atom stereocenters. The van der Waals surface area contributed by atoms with Crippen LogP contribution in [0.1, 0.15) is 17.2 Å². The van der Waals surface area contributed by atoms with Gasteiger partial charge in [0.1, 0.15) is 17.8 Å². The molecule has 6 rings (SSSR count). The minimum Gasteiger partial charge on any atom is -0.393 e. The Balaban J connectivity index is 1.14. The summed E-state index contributed by atoms with van der Waals surface area (Å²) < 4.78 is 14.3. The lowest BCUT2D eigenvalue weighted by atomic mass is 9.96. The first kappa shape index (κ1) is 25.1. The number of hydrogen-bond acceptors (Lipinski definition) is 7. The van der Waals surface area contributed by atoms with Crippen LogP contribution in [0, 0.1) is 5.82 Å². The van der Waals surface area contributed by atoms with Crippen LogP contribution >= 0.6 is 0 Å². The van der Waals surface area contributed by atoms with E-state index < -0.39 is 0 Å². The van der Waals surface area contributed by atoms with Crippen molar-refractivity contribution in [2.24, 2.45) is 0 Å². The molecule has 0 aliphatic carbocycles. The maximum absolute atomic E-state index is 14.3. The summed E-state index contributed by atoms with van der Waals surface area (Å²) in [6.07, 6.45) is 1.62. The van der Waals surface area contributed by atoms with Crippen molar-refractivity contribution in [2.75, 3.05) is 72.8 Å². The molecule has 3 aromatic carbocycles. The Morgan fingerprint density at radius 3 is 1.59 bits per heavy atom. The van der Waals surface area contributed by atoms with Crippen molar-refractivity contribution in [3.63, 3.8) is 0 Å². The zero-order valence-corrected chi connectivity index (χ0v) is 22.0. The molecular weight excluding hydrogens is 489 g/mol. The Kier molecular flexibility index (Phi) is 7.27. The molecule has 7 nitrogen and oxygen atoms in total. The van der Waals surface area contributed by atoms with Crippen LogP contribution in [0.15, 0.2) is 91.3 Å². The maximum Gasteiger partial charge on any atom is 0.157 e. The lowest BCUT2D eigenvalue weighted by molar-refractivity contribution is 0.212. The Labute approximate surface area is 229 Å². The second-order valence-electron chi connectivity index (χ2n) is 10.1. The summed E-state index contributed by atoms with van der Waals surface area (Å²) >= 11 is 0. The smallest absolute Gasteiger partial charge is 0.157 e. The van der Waals surface area contributed by atoms with Gasteiger partial charge in [0.05, 0.1) is 11.7 Å². The minimum absolute atomic E-state index is 0.185. The highest BCUT2D eigenvalue weighted by molar-refractivity contribution is 5.76. The molecule has 2 N–H and O–H groups in total. The molecule has 2 aliphatic rings. The highest BCUT2D eigenvalue weighted by atomic mass is 19.1. The summed E-state index contributed by atoms with van der Waals surface area (Å²) in [7, 11) is 0. The van der Waals surface area contributed by atoms with Crippen LogP contribution in [0.2, 0.25) is 0 Å². The normalized spacial score (nSPS) is 16.6. The van der Waals surface area contributed by atoms with E-state index in [9.17, 15) is 4.39 Å². The number of hydrogen-bond donors (Lipinski definition) is 1. The molecule has 200 valence electrons. The molecule has 0 unspecified atom stereocenters. The average molecular weight is 524 g/mol. The fraction of sp³-hybridized carbons (Fsp3) is 0.290. The van der Waals surface area contributed by atoms with E-state index in [1.165, 1.54) is 17.2 Å². The molecule has 0 spiro atoms. The van der Waals surface area contributed by atoms with Gasteiger partial charge in [-0.15, -0.1) is 0 Å². The van der Waals surface area contributed by atoms with Crippen LogP contribution in [-0.4, -0.2) is 67.2 Å². The summed E-state index contributed by atoms with van der Waals surface area (Å²) in [5.41, 5.74) is 10.6. The van der Waals surface area contributed by atoms with Crippen LogP contribution in [0.25, 0.3) is 0 Å². The van der Waals surface area contributed by atoms with E-state index >= 15 is 0 Å². The van der Waals surface area contributed by atoms with Gasteiger partial charge in [-0.25, -0.2) is 14.4 Å². The molecule has 2 saturated heterocycles. The van der Waals surface area contributed by atoms with Crippen LogP contribution in [0.4, 0.5) is 27.4 Å². The fourth-order valence-corrected chi connectivity index (χ4v) is 5.83. The zero-order chi connectivity index (χ0) is 26.6. The van der Waals surface area contributed by atoms with Crippen LogP contribution in [0.5, 0.6) is 0 Å². The number of nitrogen functional groups attached to an aromatic ring is 1. The molecule has 0 bridgehead atoms. The summed E-state index contributed by atoms with van der Waals surface area (Å²) in [6.45, 7) is 6.31. The van der Waals surface area contributed by atoms with E-state index in [1.807, 2.05) is 12.1 Å². The molecule has 0 amide bonds. The fourth-order valence-electron chi connectivity index (χ4n) is 5.83. The van der Waals surface area contributed by atoms with Crippen molar-refractivity contribution < 1.29 is 4.39 Å². The van der Waals surface area contributed by atoms with Crippen molar-refractivity contribution in [3.8, 4) is 0 Å². The van der Waals surface area contributed by atoms with Crippen LogP contribution < -0.4 is 20.4 Å². The molecule has 0 saturated carbocycles. The highest BCUT2D eigenvalue weighted by Crippen LogP contribution is 2.33. The second-order valence-corrected chi connectivity index (χ2v) is 10.1. The number of piperazine rings is 2. The molecule has 4 aromatic rings. The number of halogens is 1. The van der Waals surface area contributed by atoms with Gasteiger partial charge in [0.25, 0.3) is 0 Å². The van der Waals surface area contributed by atoms with Gasteiger partial charge in [-0.2, -0.15) is 0 Å². The third-order valence-electron chi connectivity index (χ3n) is 7.82. The van der Waals surface area contributed by atoms with E-state index in [4.69, 9.17) is 5.73 Å². The molecule has 8 heteroatoms. The van der Waals surface area contributed by atoms with Crippen LogP contribution in [-0.2, 0) is 0 Å². The summed E-state index contributed by atoms with van der Waals surface area (Å²) in [5, 5.41) is 0. The van der Waals surface area contributed by atoms with Crippen molar-refractivity contribution >= 4 is 23.0 Å². The Bertz CT molecular complexity index is 1330.